The Bertz CT molecular complexity index is 1490. The second kappa shape index (κ2) is 10.3. The SMILES string of the molecule is COc1ccc(CCNC(=O)Cn2c(=O)n(-c3ccc(C)cc3)c(=O)c3ccccc32)cc1OC. The molecule has 0 aliphatic carbocycles. The van der Waals surface area contributed by atoms with Crippen LogP contribution in [0.25, 0.3) is 16.6 Å². The van der Waals surface area contributed by atoms with Crippen LogP contribution in [-0.2, 0) is 17.8 Å². The number of rotatable bonds is 8. The number of carbonyl (C=O) groups is 1. The third-order valence-corrected chi connectivity index (χ3v) is 5.83. The van der Waals surface area contributed by atoms with Crippen molar-refractivity contribution in [3.8, 4) is 17.2 Å². The van der Waals surface area contributed by atoms with Crippen molar-refractivity contribution < 1.29 is 14.3 Å². The number of benzene rings is 3. The first-order valence-electron chi connectivity index (χ1n) is 11.2. The first kappa shape index (κ1) is 23.8. The third kappa shape index (κ3) is 4.96. The molecule has 0 bridgehead atoms. The van der Waals surface area contributed by atoms with Crippen LogP contribution in [0.2, 0.25) is 0 Å². The maximum absolute atomic E-state index is 13.4. The number of hydrogen-bond donors (Lipinski definition) is 1. The summed E-state index contributed by atoms with van der Waals surface area (Å²) in [7, 11) is 3.15. The van der Waals surface area contributed by atoms with Gasteiger partial charge in [-0.1, -0.05) is 35.9 Å². The first-order valence-corrected chi connectivity index (χ1v) is 11.2. The molecule has 35 heavy (non-hydrogen) atoms. The summed E-state index contributed by atoms with van der Waals surface area (Å²) in [5.41, 5.74) is 1.88. The molecular formula is C27H27N3O5. The van der Waals surface area contributed by atoms with Crippen LogP contribution < -0.4 is 26.0 Å². The van der Waals surface area contributed by atoms with Gasteiger partial charge in [0.2, 0.25) is 5.91 Å². The van der Waals surface area contributed by atoms with Crippen molar-refractivity contribution in [3.63, 3.8) is 0 Å². The Hall–Kier alpha value is -4.33. The predicted molar refractivity (Wildman–Crippen MR) is 135 cm³/mol. The van der Waals surface area contributed by atoms with E-state index in [9.17, 15) is 14.4 Å². The Morgan fingerprint density at radius 2 is 1.63 bits per heavy atom. The topological polar surface area (TPSA) is 91.6 Å². The largest absolute Gasteiger partial charge is 0.493 e. The van der Waals surface area contributed by atoms with Crippen LogP contribution in [0.1, 0.15) is 11.1 Å². The standard InChI is InChI=1S/C27H27N3O5/c1-18-8-11-20(12-9-18)30-26(32)21-6-4-5-7-22(21)29(27(30)33)17-25(31)28-15-14-19-10-13-23(34-2)24(16-19)35-3/h4-13,16H,14-15,17H2,1-3H3,(H,28,31). The fourth-order valence-corrected chi connectivity index (χ4v) is 3.98. The molecule has 0 saturated heterocycles. The molecule has 1 amide bonds. The molecule has 180 valence electrons. The molecular weight excluding hydrogens is 446 g/mol. The summed E-state index contributed by atoms with van der Waals surface area (Å²) in [5, 5.41) is 3.23. The Labute approximate surface area is 202 Å². The molecule has 0 aliphatic rings. The number of ether oxygens (including phenoxy) is 2. The third-order valence-electron chi connectivity index (χ3n) is 5.83. The minimum atomic E-state index is -0.562. The molecule has 0 atom stereocenters. The van der Waals surface area contributed by atoms with Crippen molar-refractivity contribution in [1.82, 2.24) is 14.5 Å². The van der Waals surface area contributed by atoms with Crippen LogP contribution in [0.15, 0.2) is 76.3 Å². The fraction of sp³-hybridized carbons (Fsp3) is 0.222. The van der Waals surface area contributed by atoms with E-state index in [2.05, 4.69) is 5.32 Å². The lowest BCUT2D eigenvalue weighted by Gasteiger charge is -2.14. The van der Waals surface area contributed by atoms with E-state index >= 15 is 0 Å². The van der Waals surface area contributed by atoms with E-state index in [1.165, 1.54) is 4.57 Å². The van der Waals surface area contributed by atoms with Gasteiger partial charge in [0.15, 0.2) is 11.5 Å². The van der Waals surface area contributed by atoms with Gasteiger partial charge in [0.1, 0.15) is 6.54 Å². The van der Waals surface area contributed by atoms with Gasteiger partial charge in [0, 0.05) is 6.54 Å². The average molecular weight is 474 g/mol. The van der Waals surface area contributed by atoms with E-state index in [-0.39, 0.29) is 12.5 Å². The highest BCUT2D eigenvalue weighted by atomic mass is 16.5. The highest BCUT2D eigenvalue weighted by Gasteiger charge is 2.16. The number of fused-ring (bicyclic) bond motifs is 1. The Morgan fingerprint density at radius 1 is 0.914 bits per heavy atom. The molecule has 0 spiro atoms. The quantitative estimate of drug-likeness (QED) is 0.425. The van der Waals surface area contributed by atoms with Gasteiger partial charge in [-0.05, 0) is 55.3 Å². The van der Waals surface area contributed by atoms with Gasteiger partial charge >= 0.3 is 5.69 Å². The van der Waals surface area contributed by atoms with E-state index in [0.717, 1.165) is 15.7 Å². The Kier molecular flexibility index (Phi) is 7.01. The number of aryl methyl sites for hydroxylation is 1. The molecule has 1 heterocycles. The number of aromatic nitrogens is 2. The van der Waals surface area contributed by atoms with Crippen molar-refractivity contribution in [3.05, 3.63) is 98.7 Å². The molecule has 8 nitrogen and oxygen atoms in total. The lowest BCUT2D eigenvalue weighted by Crippen LogP contribution is -2.42. The zero-order chi connectivity index (χ0) is 24.9. The number of hydrogen-bond acceptors (Lipinski definition) is 5. The minimum Gasteiger partial charge on any atom is -0.493 e. The first-order chi connectivity index (χ1) is 16.9. The molecule has 1 aromatic heterocycles. The number of para-hydroxylation sites is 1. The van der Waals surface area contributed by atoms with Gasteiger partial charge < -0.3 is 14.8 Å². The maximum Gasteiger partial charge on any atom is 0.336 e. The van der Waals surface area contributed by atoms with Crippen LogP contribution in [0, 0.1) is 6.92 Å². The second-order valence-corrected chi connectivity index (χ2v) is 8.15. The molecule has 0 aliphatic heterocycles. The van der Waals surface area contributed by atoms with Gasteiger partial charge in [-0.2, -0.15) is 0 Å². The summed E-state index contributed by atoms with van der Waals surface area (Å²) in [6.45, 7) is 2.09. The average Bonchev–Trinajstić information content (AvgIpc) is 2.87. The maximum atomic E-state index is 13.4. The van der Waals surface area contributed by atoms with Crippen LogP contribution in [-0.4, -0.2) is 35.8 Å². The molecule has 0 fully saturated rings. The van der Waals surface area contributed by atoms with E-state index in [0.29, 0.717) is 41.1 Å². The smallest absolute Gasteiger partial charge is 0.336 e. The summed E-state index contributed by atoms with van der Waals surface area (Å²) in [6, 6.07) is 19.5. The molecule has 4 rings (SSSR count). The normalized spacial score (nSPS) is 10.8. The number of carbonyl (C=O) groups excluding carboxylic acids is 1. The summed E-state index contributed by atoms with van der Waals surface area (Å²) in [4.78, 5) is 39.3. The predicted octanol–water partition coefficient (Wildman–Crippen LogP) is 2.84. The van der Waals surface area contributed by atoms with Gasteiger partial charge in [-0.15, -0.1) is 0 Å². The summed E-state index contributed by atoms with van der Waals surface area (Å²) < 4.78 is 13.0. The fourth-order valence-electron chi connectivity index (χ4n) is 3.98. The number of methoxy groups -OCH3 is 2. The van der Waals surface area contributed by atoms with Gasteiger partial charge in [0.25, 0.3) is 5.56 Å². The molecule has 3 aromatic carbocycles. The van der Waals surface area contributed by atoms with E-state index in [4.69, 9.17) is 9.47 Å². The molecule has 0 radical (unpaired) electrons. The Morgan fingerprint density at radius 3 is 2.34 bits per heavy atom. The van der Waals surface area contributed by atoms with Crippen molar-refractivity contribution in [2.45, 2.75) is 19.9 Å². The molecule has 0 unspecified atom stereocenters. The Balaban J connectivity index is 1.58. The monoisotopic (exact) mass is 473 g/mol. The van der Waals surface area contributed by atoms with Gasteiger partial charge in [0.05, 0.1) is 30.8 Å². The number of amides is 1. The van der Waals surface area contributed by atoms with Crippen molar-refractivity contribution in [2.24, 2.45) is 0 Å². The molecule has 8 heteroatoms. The van der Waals surface area contributed by atoms with Crippen molar-refractivity contribution in [2.75, 3.05) is 20.8 Å². The van der Waals surface area contributed by atoms with Crippen LogP contribution in [0.4, 0.5) is 0 Å². The van der Waals surface area contributed by atoms with Crippen LogP contribution in [0.5, 0.6) is 11.5 Å². The molecule has 0 saturated carbocycles. The van der Waals surface area contributed by atoms with Crippen LogP contribution in [0.3, 0.4) is 0 Å². The van der Waals surface area contributed by atoms with Gasteiger partial charge in [-0.25, -0.2) is 9.36 Å². The van der Waals surface area contributed by atoms with Crippen LogP contribution >= 0.6 is 0 Å². The lowest BCUT2D eigenvalue weighted by molar-refractivity contribution is -0.121. The highest BCUT2D eigenvalue weighted by Crippen LogP contribution is 2.27. The number of nitrogens with one attached hydrogen (secondary N) is 1. The van der Waals surface area contributed by atoms with Crippen molar-refractivity contribution >= 4 is 16.8 Å². The van der Waals surface area contributed by atoms with E-state index in [1.54, 1.807) is 50.6 Å². The van der Waals surface area contributed by atoms with E-state index in [1.807, 2.05) is 37.3 Å². The minimum absolute atomic E-state index is 0.211. The van der Waals surface area contributed by atoms with Crippen molar-refractivity contribution in [1.29, 1.82) is 0 Å². The van der Waals surface area contributed by atoms with Gasteiger partial charge in [-0.3, -0.25) is 14.2 Å². The molecule has 1 N–H and O–H groups in total. The summed E-state index contributed by atoms with van der Waals surface area (Å²) >= 11 is 0. The van der Waals surface area contributed by atoms with E-state index < -0.39 is 11.2 Å². The number of nitrogens with zero attached hydrogens (tertiary/aromatic N) is 2. The summed E-state index contributed by atoms with van der Waals surface area (Å²) in [6.07, 6.45) is 0.574. The zero-order valence-corrected chi connectivity index (χ0v) is 19.9. The summed E-state index contributed by atoms with van der Waals surface area (Å²) in [5.74, 6) is 0.926. The second-order valence-electron chi connectivity index (χ2n) is 8.15. The zero-order valence-electron chi connectivity index (χ0n) is 19.9. The lowest BCUT2D eigenvalue weighted by atomic mass is 10.1. The molecule has 4 aromatic rings. The highest BCUT2D eigenvalue weighted by molar-refractivity contribution is 5.81.